The van der Waals surface area contributed by atoms with Crippen molar-refractivity contribution in [3.8, 4) is 0 Å². The van der Waals surface area contributed by atoms with Crippen LogP contribution in [-0.2, 0) is 13.8 Å². The summed E-state index contributed by atoms with van der Waals surface area (Å²) in [6.45, 7) is -0.504. The Labute approximate surface area is 166 Å². The molecule has 1 unspecified atom stereocenters. The number of fused-ring (bicyclic) bond motifs is 1. The first-order valence-corrected chi connectivity index (χ1v) is 8.71. The average Bonchev–Trinajstić information content (AvgIpc) is 2.96. The fourth-order valence-electron chi connectivity index (χ4n) is 2.35. The summed E-state index contributed by atoms with van der Waals surface area (Å²) in [5.41, 5.74) is 6.51. The van der Waals surface area contributed by atoms with Gasteiger partial charge in [-0.3, -0.25) is 9.13 Å². The molecule has 14 heteroatoms. The second-order valence-electron chi connectivity index (χ2n) is 4.88. The third-order valence-corrected chi connectivity index (χ3v) is 4.39. The van der Waals surface area contributed by atoms with Gasteiger partial charge in [-0.15, -0.1) is 0 Å². The van der Waals surface area contributed by atoms with Gasteiger partial charge >= 0.3 is 29.6 Å². The quantitative estimate of drug-likeness (QED) is 0.248. The third kappa shape index (κ3) is 4.15. The van der Waals surface area contributed by atoms with Crippen molar-refractivity contribution < 1.29 is 58.3 Å². The van der Waals surface area contributed by atoms with Gasteiger partial charge in [0.2, 0.25) is 0 Å². The zero-order valence-corrected chi connectivity index (χ0v) is 16.9. The summed E-state index contributed by atoms with van der Waals surface area (Å²) < 4.78 is 22.4. The molecule has 0 saturated carbocycles. The fourth-order valence-corrected chi connectivity index (χ4v) is 3.25. The van der Waals surface area contributed by atoms with E-state index in [1.54, 1.807) is 4.57 Å². The monoisotopic (exact) mass is 431 g/mol. The standard InChI is InChI=1S/C10H13BrN5O6P.Na/c11-10-15-7-8(12)13-3-14-9(7)16(10)6-1-4(17)5(22-6)2-21-23(18,19)20;/h3-6,17H,1-2H2,(H2,12,13,14)(H2,18,19,20);/q;+1/p-1/t4-,5+,6+;/m0./s1. The van der Waals surface area contributed by atoms with Crippen LogP contribution in [0.15, 0.2) is 11.1 Å². The van der Waals surface area contributed by atoms with Gasteiger partial charge in [0.05, 0.1) is 12.7 Å². The van der Waals surface area contributed by atoms with Crippen molar-refractivity contribution in [3.05, 3.63) is 11.1 Å². The van der Waals surface area contributed by atoms with Gasteiger partial charge in [-0.2, -0.15) is 0 Å². The summed E-state index contributed by atoms with van der Waals surface area (Å²) in [7, 11) is -4.89. The summed E-state index contributed by atoms with van der Waals surface area (Å²) in [5.74, 6) is 0.195. The zero-order chi connectivity index (χ0) is 16.8. The number of nitrogens with two attached hydrogens (primary N) is 1. The van der Waals surface area contributed by atoms with Gasteiger partial charge in [0, 0.05) is 6.42 Å². The number of ether oxygens (including phenoxy) is 1. The maximum Gasteiger partial charge on any atom is 1.00 e. The van der Waals surface area contributed by atoms with Crippen LogP contribution in [0, 0.1) is 0 Å². The van der Waals surface area contributed by atoms with Gasteiger partial charge in [0.25, 0.3) is 7.82 Å². The van der Waals surface area contributed by atoms with Gasteiger partial charge in [-0.05, 0) is 15.9 Å². The van der Waals surface area contributed by atoms with E-state index in [0.29, 0.717) is 15.9 Å². The molecule has 0 aliphatic carbocycles. The number of rotatable bonds is 4. The number of aromatic nitrogens is 4. The van der Waals surface area contributed by atoms with Gasteiger partial charge in [-0.1, -0.05) is 0 Å². The van der Waals surface area contributed by atoms with Crippen molar-refractivity contribution in [3.63, 3.8) is 0 Å². The largest absolute Gasteiger partial charge is 1.00 e. The van der Waals surface area contributed by atoms with Crippen LogP contribution in [0.5, 0.6) is 0 Å². The Bertz CT molecular complexity index is 786. The minimum Gasteiger partial charge on any atom is -0.756 e. The van der Waals surface area contributed by atoms with Crippen LogP contribution >= 0.6 is 23.8 Å². The molecule has 2 aromatic rings. The fraction of sp³-hybridized carbons (Fsp3) is 0.500. The number of phosphoric ester groups is 1. The van der Waals surface area contributed by atoms with Gasteiger partial charge < -0.3 is 29.9 Å². The van der Waals surface area contributed by atoms with E-state index in [2.05, 4.69) is 35.4 Å². The second-order valence-corrected chi connectivity index (χ2v) is 6.78. The summed E-state index contributed by atoms with van der Waals surface area (Å²) in [5, 5.41) is 9.99. The molecule has 0 spiro atoms. The Morgan fingerprint density at radius 2 is 2.29 bits per heavy atom. The van der Waals surface area contributed by atoms with Crippen LogP contribution in [0.1, 0.15) is 12.6 Å². The zero-order valence-electron chi connectivity index (χ0n) is 12.4. The van der Waals surface area contributed by atoms with Crippen molar-refractivity contribution in [2.45, 2.75) is 24.9 Å². The molecule has 0 amide bonds. The van der Waals surface area contributed by atoms with Crippen LogP contribution in [0.4, 0.5) is 5.82 Å². The Balaban J connectivity index is 0.00000208. The molecule has 4 atom stereocenters. The molecule has 1 aliphatic rings. The predicted octanol–water partition coefficient (Wildman–Crippen LogP) is -3.70. The first-order chi connectivity index (χ1) is 10.8. The molecule has 1 fully saturated rings. The SMILES string of the molecule is Nc1ncnc2c1nc(Br)n2[C@H]1C[C@H](O)[C@@H](COP(=O)([O-])O)O1.[Na+]. The van der Waals surface area contributed by atoms with Gasteiger partial charge in [0.15, 0.2) is 21.7 Å². The molecule has 0 bridgehead atoms. The number of hydrogen-bond donors (Lipinski definition) is 3. The van der Waals surface area contributed by atoms with Gasteiger partial charge in [-0.25, -0.2) is 15.0 Å². The van der Waals surface area contributed by atoms with Crippen LogP contribution in [0.25, 0.3) is 11.2 Å². The van der Waals surface area contributed by atoms with E-state index in [4.69, 9.17) is 15.4 Å². The molecule has 1 aliphatic heterocycles. The molecule has 3 rings (SSSR count). The molecule has 11 nitrogen and oxygen atoms in total. The van der Waals surface area contributed by atoms with E-state index in [-0.39, 0.29) is 41.8 Å². The molecule has 1 saturated heterocycles. The summed E-state index contributed by atoms with van der Waals surface area (Å²) in [4.78, 5) is 31.4. The van der Waals surface area contributed by atoms with E-state index in [9.17, 15) is 14.6 Å². The minimum absolute atomic E-state index is 0. The molecule has 24 heavy (non-hydrogen) atoms. The van der Waals surface area contributed by atoms with Crippen molar-refractivity contribution >= 4 is 40.7 Å². The first kappa shape index (κ1) is 20.2. The molecule has 4 N–H and O–H groups in total. The Kier molecular flexibility index (Phi) is 6.41. The number of anilines is 1. The summed E-state index contributed by atoms with van der Waals surface area (Å²) in [6, 6.07) is 0. The predicted molar refractivity (Wildman–Crippen MR) is 77.7 cm³/mol. The van der Waals surface area contributed by atoms with Gasteiger partial charge in [0.1, 0.15) is 18.7 Å². The molecule has 2 aromatic heterocycles. The minimum atomic E-state index is -4.89. The van der Waals surface area contributed by atoms with E-state index < -0.39 is 32.9 Å². The maximum atomic E-state index is 10.6. The van der Waals surface area contributed by atoms with E-state index >= 15 is 0 Å². The second kappa shape index (κ2) is 7.62. The third-order valence-electron chi connectivity index (χ3n) is 3.36. The number of halogens is 1. The molecular formula is C10H12BrN5NaO6P. The smallest absolute Gasteiger partial charge is 0.756 e. The molecule has 3 heterocycles. The van der Waals surface area contributed by atoms with Crippen LogP contribution in [0.3, 0.4) is 0 Å². The number of nitrogens with zero attached hydrogens (tertiary/aromatic N) is 4. The topological polar surface area (TPSA) is 169 Å². The number of nitrogen functional groups attached to an aromatic ring is 1. The van der Waals surface area contributed by atoms with Crippen molar-refractivity contribution in [1.29, 1.82) is 0 Å². The number of aliphatic hydroxyl groups excluding tert-OH is 1. The first-order valence-electron chi connectivity index (χ1n) is 6.42. The van der Waals surface area contributed by atoms with E-state index in [0.717, 1.165) is 0 Å². The number of phosphoric acid groups is 1. The molecule has 0 radical (unpaired) electrons. The number of hydrogen-bond acceptors (Lipinski definition) is 9. The average molecular weight is 432 g/mol. The number of aliphatic hydroxyl groups is 1. The van der Waals surface area contributed by atoms with E-state index in [1.807, 2.05) is 0 Å². The normalized spacial score (nSPS) is 26.2. The van der Waals surface area contributed by atoms with E-state index in [1.165, 1.54) is 6.33 Å². The molecular weight excluding hydrogens is 420 g/mol. The summed E-state index contributed by atoms with van der Waals surface area (Å²) in [6.07, 6.45) is -1.17. The summed E-state index contributed by atoms with van der Waals surface area (Å²) >= 11 is 3.27. The van der Waals surface area contributed by atoms with Crippen molar-refractivity contribution in [1.82, 2.24) is 19.5 Å². The van der Waals surface area contributed by atoms with Crippen LogP contribution < -0.4 is 40.2 Å². The Morgan fingerprint density at radius 1 is 1.58 bits per heavy atom. The molecule has 126 valence electrons. The Morgan fingerprint density at radius 3 is 2.96 bits per heavy atom. The van der Waals surface area contributed by atoms with Crippen molar-refractivity contribution in [2.75, 3.05) is 12.3 Å². The molecule has 0 aromatic carbocycles. The van der Waals surface area contributed by atoms with Crippen molar-refractivity contribution in [2.24, 2.45) is 0 Å². The maximum absolute atomic E-state index is 10.6. The van der Waals surface area contributed by atoms with Crippen LogP contribution in [0.2, 0.25) is 0 Å². The number of imidazole rings is 1. The van der Waals surface area contributed by atoms with Crippen LogP contribution in [-0.4, -0.2) is 48.3 Å². The Hall–Kier alpha value is -0.140.